The lowest BCUT2D eigenvalue weighted by Gasteiger charge is -2.36. The number of Topliss-reactive ketones (excluding diaryl/α,β-unsaturated/α-hetero) is 1. The molecule has 0 radical (unpaired) electrons. The smallest absolute Gasteiger partial charge is 0.306 e. The Morgan fingerprint density at radius 1 is 1.39 bits per heavy atom. The second kappa shape index (κ2) is 3.80. The molecule has 4 heteroatoms. The highest BCUT2D eigenvalue weighted by molar-refractivity contribution is 5.88. The number of hydrogen-bond acceptors (Lipinski definition) is 4. The number of hydrogen-bond donors (Lipinski definition) is 1. The van der Waals surface area contributed by atoms with E-state index in [9.17, 15) is 14.7 Å². The molecule has 2 aliphatic carbocycles. The SMILES string of the molecule is C[C@@H]1C[C@H]2OC(=O)C[C@H]2[C@H](O)[C@@]2(C)C(=O)CC[C@@H]12. The molecule has 1 saturated heterocycles. The van der Waals surface area contributed by atoms with Crippen LogP contribution in [0.25, 0.3) is 0 Å². The van der Waals surface area contributed by atoms with Crippen LogP contribution in [-0.2, 0) is 14.3 Å². The monoisotopic (exact) mass is 252 g/mol. The van der Waals surface area contributed by atoms with Crippen LogP contribution in [0.2, 0.25) is 0 Å². The predicted octanol–water partition coefficient (Wildman–Crippen LogP) is 1.30. The van der Waals surface area contributed by atoms with Crippen LogP contribution in [0.3, 0.4) is 0 Å². The first-order chi connectivity index (χ1) is 8.44. The van der Waals surface area contributed by atoms with Crippen molar-refractivity contribution in [2.75, 3.05) is 0 Å². The van der Waals surface area contributed by atoms with Crippen LogP contribution in [0, 0.1) is 23.2 Å². The van der Waals surface area contributed by atoms with Gasteiger partial charge in [-0.15, -0.1) is 0 Å². The van der Waals surface area contributed by atoms with Gasteiger partial charge in [0.15, 0.2) is 0 Å². The molecule has 0 bridgehead atoms. The van der Waals surface area contributed by atoms with Crippen molar-refractivity contribution in [2.24, 2.45) is 23.2 Å². The Morgan fingerprint density at radius 2 is 2.11 bits per heavy atom. The maximum Gasteiger partial charge on any atom is 0.306 e. The molecule has 0 unspecified atom stereocenters. The van der Waals surface area contributed by atoms with E-state index >= 15 is 0 Å². The highest BCUT2D eigenvalue weighted by Gasteiger charge is 2.59. The number of ether oxygens (including phenoxy) is 1. The maximum atomic E-state index is 12.2. The van der Waals surface area contributed by atoms with Crippen LogP contribution in [0.1, 0.15) is 39.5 Å². The zero-order chi connectivity index (χ0) is 13.1. The summed E-state index contributed by atoms with van der Waals surface area (Å²) in [5.74, 6) is 0.272. The third-order valence-corrected chi connectivity index (χ3v) is 5.53. The van der Waals surface area contributed by atoms with E-state index in [-0.39, 0.29) is 36.1 Å². The quantitative estimate of drug-likeness (QED) is 0.660. The van der Waals surface area contributed by atoms with Crippen molar-refractivity contribution in [2.45, 2.75) is 51.7 Å². The largest absolute Gasteiger partial charge is 0.462 e. The highest BCUT2D eigenvalue weighted by Crippen LogP contribution is 2.54. The average Bonchev–Trinajstić information content (AvgIpc) is 2.79. The van der Waals surface area contributed by atoms with Crippen molar-refractivity contribution in [1.29, 1.82) is 0 Å². The minimum absolute atomic E-state index is 0.159. The summed E-state index contributed by atoms with van der Waals surface area (Å²) in [4.78, 5) is 23.7. The van der Waals surface area contributed by atoms with Crippen molar-refractivity contribution in [3.8, 4) is 0 Å². The van der Waals surface area contributed by atoms with Crippen LogP contribution in [0.5, 0.6) is 0 Å². The van der Waals surface area contributed by atoms with Gasteiger partial charge in [0.1, 0.15) is 11.9 Å². The van der Waals surface area contributed by atoms with Gasteiger partial charge in [-0.25, -0.2) is 0 Å². The molecule has 0 aromatic carbocycles. The molecule has 3 rings (SSSR count). The second-order valence-electron chi connectivity index (χ2n) is 6.41. The minimum atomic E-state index is -0.737. The molecule has 2 saturated carbocycles. The number of esters is 1. The molecular weight excluding hydrogens is 232 g/mol. The number of rotatable bonds is 0. The minimum Gasteiger partial charge on any atom is -0.462 e. The van der Waals surface area contributed by atoms with Crippen molar-refractivity contribution in [3.05, 3.63) is 0 Å². The number of fused-ring (bicyclic) bond motifs is 2. The van der Waals surface area contributed by atoms with Gasteiger partial charge in [0.25, 0.3) is 0 Å². The molecule has 1 heterocycles. The number of carbonyl (C=O) groups excluding carboxylic acids is 2. The Labute approximate surface area is 107 Å². The van der Waals surface area contributed by atoms with Crippen LogP contribution in [0.15, 0.2) is 0 Å². The molecule has 0 aromatic rings. The van der Waals surface area contributed by atoms with Crippen LogP contribution in [0.4, 0.5) is 0 Å². The van der Waals surface area contributed by atoms with E-state index < -0.39 is 11.5 Å². The van der Waals surface area contributed by atoms with Crippen LogP contribution < -0.4 is 0 Å². The molecule has 18 heavy (non-hydrogen) atoms. The fourth-order valence-corrected chi connectivity index (χ4v) is 4.46. The first kappa shape index (κ1) is 12.2. The van der Waals surface area contributed by atoms with E-state index in [0.717, 1.165) is 12.8 Å². The normalized spacial score (nSPS) is 51.6. The average molecular weight is 252 g/mol. The Balaban J connectivity index is 2.01. The molecule has 0 spiro atoms. The van der Waals surface area contributed by atoms with Crippen LogP contribution in [-0.4, -0.2) is 29.1 Å². The molecule has 1 N–H and O–H groups in total. The van der Waals surface area contributed by atoms with Gasteiger partial charge in [-0.2, -0.15) is 0 Å². The lowest BCUT2D eigenvalue weighted by molar-refractivity contribution is -0.142. The fourth-order valence-electron chi connectivity index (χ4n) is 4.46. The lowest BCUT2D eigenvalue weighted by atomic mass is 9.68. The summed E-state index contributed by atoms with van der Waals surface area (Å²) in [5.41, 5.74) is -0.674. The number of ketones is 1. The molecule has 100 valence electrons. The van der Waals surface area contributed by atoms with E-state index in [2.05, 4.69) is 6.92 Å². The van der Waals surface area contributed by atoms with E-state index in [1.807, 2.05) is 6.92 Å². The molecule has 3 fully saturated rings. The van der Waals surface area contributed by atoms with E-state index in [4.69, 9.17) is 4.74 Å². The molecule has 0 amide bonds. The zero-order valence-electron chi connectivity index (χ0n) is 10.9. The van der Waals surface area contributed by atoms with Gasteiger partial charge in [-0.05, 0) is 31.6 Å². The van der Waals surface area contributed by atoms with Gasteiger partial charge in [0.2, 0.25) is 0 Å². The molecule has 6 atom stereocenters. The highest BCUT2D eigenvalue weighted by atomic mass is 16.6. The fraction of sp³-hybridized carbons (Fsp3) is 0.857. The Hall–Kier alpha value is -0.900. The number of aliphatic hydroxyl groups is 1. The lowest BCUT2D eigenvalue weighted by Crippen LogP contribution is -2.46. The number of carbonyl (C=O) groups is 2. The third kappa shape index (κ3) is 1.41. The van der Waals surface area contributed by atoms with Gasteiger partial charge >= 0.3 is 5.97 Å². The molecule has 0 aromatic heterocycles. The molecule has 3 aliphatic rings. The summed E-state index contributed by atoms with van der Waals surface area (Å²) in [6.07, 6.45) is 1.53. The first-order valence-electron chi connectivity index (χ1n) is 6.85. The predicted molar refractivity (Wildman–Crippen MR) is 63.6 cm³/mol. The van der Waals surface area contributed by atoms with Gasteiger partial charge in [0, 0.05) is 12.3 Å². The Kier molecular flexibility index (Phi) is 2.56. The zero-order valence-corrected chi connectivity index (χ0v) is 10.9. The summed E-state index contributed by atoms with van der Waals surface area (Å²) in [5, 5.41) is 10.6. The van der Waals surface area contributed by atoms with Crippen molar-refractivity contribution in [3.63, 3.8) is 0 Å². The Bertz CT molecular complexity index is 405. The topological polar surface area (TPSA) is 63.6 Å². The molecule has 4 nitrogen and oxygen atoms in total. The van der Waals surface area contributed by atoms with Crippen molar-refractivity contribution >= 4 is 11.8 Å². The number of aliphatic hydroxyl groups excluding tert-OH is 1. The summed E-state index contributed by atoms with van der Waals surface area (Å²) >= 11 is 0. The van der Waals surface area contributed by atoms with Gasteiger partial charge in [0.05, 0.1) is 17.9 Å². The Morgan fingerprint density at radius 3 is 2.83 bits per heavy atom. The third-order valence-electron chi connectivity index (χ3n) is 5.53. The maximum absolute atomic E-state index is 12.2. The van der Waals surface area contributed by atoms with Crippen molar-refractivity contribution in [1.82, 2.24) is 0 Å². The summed E-state index contributed by atoms with van der Waals surface area (Å²) in [6, 6.07) is 0. The van der Waals surface area contributed by atoms with Gasteiger partial charge < -0.3 is 9.84 Å². The van der Waals surface area contributed by atoms with Gasteiger partial charge in [-0.3, -0.25) is 9.59 Å². The van der Waals surface area contributed by atoms with Crippen molar-refractivity contribution < 1.29 is 19.4 Å². The molecule has 1 aliphatic heterocycles. The summed E-state index contributed by atoms with van der Waals surface area (Å²) in [7, 11) is 0. The first-order valence-corrected chi connectivity index (χ1v) is 6.85. The van der Waals surface area contributed by atoms with Gasteiger partial charge in [-0.1, -0.05) is 6.92 Å². The molecular formula is C14H20O4. The van der Waals surface area contributed by atoms with E-state index in [1.54, 1.807) is 0 Å². The summed E-state index contributed by atoms with van der Waals surface area (Å²) < 4.78 is 5.32. The second-order valence-corrected chi connectivity index (χ2v) is 6.41. The van der Waals surface area contributed by atoms with E-state index in [1.165, 1.54) is 0 Å². The van der Waals surface area contributed by atoms with E-state index in [0.29, 0.717) is 12.3 Å². The summed E-state index contributed by atoms with van der Waals surface area (Å²) in [6.45, 7) is 4.00. The van der Waals surface area contributed by atoms with Crippen LogP contribution >= 0.6 is 0 Å². The standard InChI is InChI=1S/C14H20O4/c1-7-5-10-8(6-12(16)18-10)13(17)14(2)9(7)3-4-11(14)15/h7-10,13,17H,3-6H2,1-2H3/t7-,8-,9+,10-,13+,14-/m1/s1.